The molecule has 4 rings (SSSR count). The Morgan fingerprint density at radius 3 is 2.67 bits per heavy atom. The third-order valence-electron chi connectivity index (χ3n) is 4.69. The molecule has 0 bridgehead atoms. The van der Waals surface area contributed by atoms with E-state index in [0.717, 1.165) is 12.1 Å². The summed E-state index contributed by atoms with van der Waals surface area (Å²) in [6, 6.07) is 12.7. The van der Waals surface area contributed by atoms with E-state index in [2.05, 4.69) is 5.32 Å². The Kier molecular flexibility index (Phi) is 5.18. The van der Waals surface area contributed by atoms with Gasteiger partial charge in [0.2, 0.25) is 0 Å². The molecule has 0 fully saturated rings. The second kappa shape index (κ2) is 7.94. The van der Waals surface area contributed by atoms with Crippen LogP contribution in [0.2, 0.25) is 0 Å². The van der Waals surface area contributed by atoms with Crippen molar-refractivity contribution in [3.05, 3.63) is 88.5 Å². The maximum Gasteiger partial charge on any atom is 0.338 e. The topological polar surface area (TPSA) is 64.6 Å². The van der Waals surface area contributed by atoms with Gasteiger partial charge in [-0.3, -0.25) is 4.79 Å². The highest BCUT2D eigenvalue weighted by atomic mass is 19.1. The van der Waals surface area contributed by atoms with E-state index < -0.39 is 17.6 Å². The van der Waals surface area contributed by atoms with Crippen LogP contribution < -0.4 is 10.1 Å². The SMILES string of the molecule is CCOC(=O)c1ccc2c(c1)C(=O)c1ccc(Nc3ccc(F)cc3F)cc1OC2. The number of rotatable bonds is 4. The van der Waals surface area contributed by atoms with Gasteiger partial charge >= 0.3 is 5.97 Å². The fourth-order valence-electron chi connectivity index (χ4n) is 3.21. The molecule has 7 heteroatoms. The lowest BCUT2D eigenvalue weighted by molar-refractivity contribution is 0.0526. The van der Waals surface area contributed by atoms with Gasteiger partial charge in [0.15, 0.2) is 5.78 Å². The third kappa shape index (κ3) is 3.74. The Morgan fingerprint density at radius 2 is 1.90 bits per heavy atom. The number of ether oxygens (including phenoxy) is 2. The number of esters is 1. The minimum absolute atomic E-state index is 0.0960. The van der Waals surface area contributed by atoms with E-state index in [1.54, 1.807) is 37.3 Å². The molecular weight excluding hydrogens is 392 g/mol. The maximum atomic E-state index is 13.9. The molecule has 1 N–H and O–H groups in total. The number of halogens is 2. The van der Waals surface area contributed by atoms with E-state index in [0.29, 0.717) is 28.1 Å². The predicted octanol–water partition coefficient (Wildman–Crippen LogP) is 5.01. The van der Waals surface area contributed by atoms with Crippen molar-refractivity contribution in [2.75, 3.05) is 11.9 Å². The minimum Gasteiger partial charge on any atom is -0.488 e. The molecule has 0 aliphatic carbocycles. The van der Waals surface area contributed by atoms with Gasteiger partial charge in [0.05, 0.1) is 23.4 Å². The van der Waals surface area contributed by atoms with Gasteiger partial charge in [-0.05, 0) is 43.3 Å². The zero-order chi connectivity index (χ0) is 21.3. The number of benzene rings is 3. The molecule has 0 saturated heterocycles. The summed E-state index contributed by atoms with van der Waals surface area (Å²) in [7, 11) is 0. The summed E-state index contributed by atoms with van der Waals surface area (Å²) < 4.78 is 37.8. The number of anilines is 2. The molecule has 1 aliphatic rings. The van der Waals surface area contributed by atoms with E-state index in [1.807, 2.05) is 0 Å². The van der Waals surface area contributed by atoms with Crippen molar-refractivity contribution in [1.82, 2.24) is 0 Å². The van der Waals surface area contributed by atoms with Gasteiger partial charge in [0.1, 0.15) is 24.0 Å². The van der Waals surface area contributed by atoms with Crippen LogP contribution in [-0.2, 0) is 11.3 Å². The lowest BCUT2D eigenvalue weighted by Gasteiger charge is -2.11. The number of ketones is 1. The summed E-state index contributed by atoms with van der Waals surface area (Å²) in [6.45, 7) is 2.08. The molecule has 30 heavy (non-hydrogen) atoms. The van der Waals surface area contributed by atoms with Gasteiger partial charge < -0.3 is 14.8 Å². The van der Waals surface area contributed by atoms with E-state index in [-0.39, 0.29) is 30.2 Å². The highest BCUT2D eigenvalue weighted by Crippen LogP contribution is 2.33. The van der Waals surface area contributed by atoms with Crippen LogP contribution in [0.15, 0.2) is 54.6 Å². The molecule has 0 radical (unpaired) electrons. The molecular formula is C23H17F2NO4. The van der Waals surface area contributed by atoms with E-state index in [1.165, 1.54) is 12.1 Å². The molecule has 0 amide bonds. The zero-order valence-corrected chi connectivity index (χ0v) is 16.0. The highest BCUT2D eigenvalue weighted by Gasteiger charge is 2.24. The Balaban J connectivity index is 1.65. The molecule has 3 aromatic rings. The fourth-order valence-corrected chi connectivity index (χ4v) is 3.21. The van der Waals surface area contributed by atoms with E-state index in [4.69, 9.17) is 9.47 Å². The van der Waals surface area contributed by atoms with Crippen molar-refractivity contribution in [3.8, 4) is 5.75 Å². The second-order valence-electron chi connectivity index (χ2n) is 6.67. The first-order chi connectivity index (χ1) is 14.5. The van der Waals surface area contributed by atoms with Crippen molar-refractivity contribution in [3.63, 3.8) is 0 Å². The summed E-state index contributed by atoms with van der Waals surface area (Å²) in [6.07, 6.45) is 0. The van der Waals surface area contributed by atoms with Crippen LogP contribution in [0.25, 0.3) is 0 Å². The molecule has 3 aromatic carbocycles. The second-order valence-corrected chi connectivity index (χ2v) is 6.67. The molecule has 152 valence electrons. The van der Waals surface area contributed by atoms with Crippen LogP contribution in [-0.4, -0.2) is 18.4 Å². The Labute approximate surface area is 171 Å². The van der Waals surface area contributed by atoms with Gasteiger partial charge in [-0.25, -0.2) is 13.6 Å². The first-order valence-electron chi connectivity index (χ1n) is 9.30. The Hall–Kier alpha value is -3.74. The molecule has 0 atom stereocenters. The number of hydrogen-bond donors (Lipinski definition) is 1. The maximum absolute atomic E-state index is 13.9. The Bertz CT molecular complexity index is 1160. The molecule has 5 nitrogen and oxygen atoms in total. The number of nitrogens with one attached hydrogen (secondary N) is 1. The summed E-state index contributed by atoms with van der Waals surface area (Å²) in [5, 5.41) is 2.85. The summed E-state index contributed by atoms with van der Waals surface area (Å²) in [5.74, 6) is -1.88. The largest absolute Gasteiger partial charge is 0.488 e. The van der Waals surface area contributed by atoms with Gasteiger partial charge in [0.25, 0.3) is 0 Å². The van der Waals surface area contributed by atoms with Gasteiger partial charge in [-0.2, -0.15) is 0 Å². The average Bonchev–Trinajstić information content (AvgIpc) is 2.87. The van der Waals surface area contributed by atoms with Crippen molar-refractivity contribution >= 4 is 23.1 Å². The molecule has 1 heterocycles. The van der Waals surface area contributed by atoms with Crippen molar-refractivity contribution < 1.29 is 27.8 Å². The van der Waals surface area contributed by atoms with E-state index >= 15 is 0 Å². The molecule has 1 aliphatic heterocycles. The monoisotopic (exact) mass is 409 g/mol. The Morgan fingerprint density at radius 1 is 1.07 bits per heavy atom. The molecule has 0 aromatic heterocycles. The summed E-state index contributed by atoms with van der Waals surface area (Å²) in [4.78, 5) is 25.1. The summed E-state index contributed by atoms with van der Waals surface area (Å²) >= 11 is 0. The van der Waals surface area contributed by atoms with Crippen LogP contribution in [0.1, 0.15) is 38.8 Å². The van der Waals surface area contributed by atoms with Crippen molar-refractivity contribution in [2.45, 2.75) is 13.5 Å². The van der Waals surface area contributed by atoms with Gasteiger partial charge in [0, 0.05) is 28.9 Å². The van der Waals surface area contributed by atoms with Crippen molar-refractivity contribution in [1.29, 1.82) is 0 Å². The van der Waals surface area contributed by atoms with Crippen molar-refractivity contribution in [2.24, 2.45) is 0 Å². The first kappa shape index (κ1) is 19.6. The minimum atomic E-state index is -0.735. The standard InChI is InChI=1S/C23H17F2NO4/c1-2-29-23(28)13-3-4-14-12-30-21-11-16(6-7-17(21)22(27)18(14)9-13)26-20-8-5-15(24)10-19(20)25/h3-11,26H,2,12H2,1H3. The summed E-state index contributed by atoms with van der Waals surface area (Å²) in [5.41, 5.74) is 2.19. The first-order valence-corrected chi connectivity index (χ1v) is 9.30. The fraction of sp³-hybridized carbons (Fsp3) is 0.130. The number of fused-ring (bicyclic) bond motifs is 2. The quantitative estimate of drug-likeness (QED) is 0.614. The van der Waals surface area contributed by atoms with Gasteiger partial charge in [-0.15, -0.1) is 0 Å². The lowest BCUT2D eigenvalue weighted by Crippen LogP contribution is -2.09. The third-order valence-corrected chi connectivity index (χ3v) is 4.69. The van der Waals surface area contributed by atoms with Crippen LogP contribution in [0.5, 0.6) is 5.75 Å². The van der Waals surface area contributed by atoms with Gasteiger partial charge in [-0.1, -0.05) is 6.07 Å². The van der Waals surface area contributed by atoms with E-state index in [9.17, 15) is 18.4 Å². The zero-order valence-electron chi connectivity index (χ0n) is 16.0. The number of hydrogen-bond acceptors (Lipinski definition) is 5. The predicted molar refractivity (Wildman–Crippen MR) is 106 cm³/mol. The van der Waals surface area contributed by atoms with Crippen LogP contribution in [0.3, 0.4) is 0 Å². The normalized spacial score (nSPS) is 12.3. The number of carbonyl (C=O) groups excluding carboxylic acids is 2. The molecule has 0 spiro atoms. The number of carbonyl (C=O) groups is 2. The average molecular weight is 409 g/mol. The molecule has 0 unspecified atom stereocenters. The van der Waals surface area contributed by atoms with Crippen LogP contribution in [0.4, 0.5) is 20.2 Å². The lowest BCUT2D eigenvalue weighted by atomic mass is 9.97. The smallest absolute Gasteiger partial charge is 0.338 e. The van der Waals surface area contributed by atoms with Crippen LogP contribution >= 0.6 is 0 Å². The molecule has 0 saturated carbocycles. The van der Waals surface area contributed by atoms with Crippen LogP contribution in [0, 0.1) is 11.6 Å². The highest BCUT2D eigenvalue weighted by molar-refractivity contribution is 6.13.